The molecular weight excluding hydrogens is 343 g/mol. The van der Waals surface area contributed by atoms with E-state index in [4.69, 9.17) is 0 Å². The molecule has 0 aromatic heterocycles. The average Bonchev–Trinajstić information content (AvgIpc) is 2.46. The lowest BCUT2D eigenvalue weighted by Crippen LogP contribution is -2.27. The molecule has 2 aromatic carbocycles. The van der Waals surface area contributed by atoms with E-state index in [-0.39, 0.29) is 11.3 Å². The van der Waals surface area contributed by atoms with Crippen LogP contribution in [-0.2, 0) is 0 Å². The van der Waals surface area contributed by atoms with Gasteiger partial charge in [-0.3, -0.25) is 14.9 Å². The summed E-state index contributed by atoms with van der Waals surface area (Å²) in [6, 6.07) is 9.61. The van der Waals surface area contributed by atoms with Crippen molar-refractivity contribution in [3.8, 4) is 0 Å². The fourth-order valence-electron chi connectivity index (χ4n) is 1.76. The van der Waals surface area contributed by atoms with Crippen molar-refractivity contribution in [1.29, 1.82) is 0 Å². The normalized spacial score (nSPS) is 10.2. The van der Waals surface area contributed by atoms with Crippen molar-refractivity contribution in [2.75, 3.05) is 11.9 Å². The highest BCUT2D eigenvalue weighted by Gasteiger charge is 2.18. The predicted octanol–water partition coefficient (Wildman–Crippen LogP) is 3.77. The minimum atomic E-state index is -0.636. The number of carbonyl (C=O) groups excluding carboxylic acids is 1. The molecule has 2 rings (SSSR count). The molecule has 0 spiro atoms. The number of nitrogens with zero attached hydrogens (tertiary/aromatic N) is 2. The zero-order chi connectivity index (χ0) is 15.6. The van der Waals surface area contributed by atoms with Crippen molar-refractivity contribution in [3.05, 3.63) is 68.4 Å². The fraction of sp³-hybridized carbons (Fsp3) is 0.0714. The van der Waals surface area contributed by atoms with E-state index in [2.05, 4.69) is 15.9 Å². The molecular formula is C14H10BrFN2O3. The summed E-state index contributed by atoms with van der Waals surface area (Å²) in [6.45, 7) is 0. The molecule has 21 heavy (non-hydrogen) atoms. The lowest BCUT2D eigenvalue weighted by atomic mass is 10.1. The molecule has 0 fully saturated rings. The van der Waals surface area contributed by atoms with Crippen LogP contribution >= 0.6 is 15.9 Å². The zero-order valence-corrected chi connectivity index (χ0v) is 12.5. The Bertz CT molecular complexity index is 704. The van der Waals surface area contributed by atoms with E-state index < -0.39 is 16.6 Å². The van der Waals surface area contributed by atoms with Gasteiger partial charge >= 0.3 is 0 Å². The molecule has 5 nitrogen and oxygen atoms in total. The molecule has 7 heteroatoms. The second-order valence-electron chi connectivity index (χ2n) is 4.26. The van der Waals surface area contributed by atoms with Crippen LogP contribution < -0.4 is 4.90 Å². The number of nitro benzene ring substituents is 1. The first-order valence-corrected chi connectivity index (χ1v) is 6.67. The lowest BCUT2D eigenvalue weighted by molar-refractivity contribution is -0.384. The van der Waals surface area contributed by atoms with Gasteiger partial charge in [-0.05, 0) is 30.3 Å². The Morgan fingerprint density at radius 2 is 1.86 bits per heavy atom. The van der Waals surface area contributed by atoms with Gasteiger partial charge in [0, 0.05) is 29.3 Å². The SMILES string of the molecule is CN(C(=O)c1ccc(Br)cc1F)c1ccc([N+](=O)[O-])cc1. The molecule has 0 aliphatic rings. The van der Waals surface area contributed by atoms with Crippen LogP contribution in [0.15, 0.2) is 46.9 Å². The molecule has 0 atom stereocenters. The number of nitro groups is 1. The standard InChI is InChI=1S/C14H10BrFN2O3/c1-17(10-3-5-11(6-4-10)18(20)21)14(19)12-7-2-9(15)8-13(12)16/h2-8H,1H3. The molecule has 108 valence electrons. The van der Waals surface area contributed by atoms with Crippen LogP contribution in [0.4, 0.5) is 15.8 Å². The summed E-state index contributed by atoms with van der Waals surface area (Å²) >= 11 is 3.12. The summed E-state index contributed by atoms with van der Waals surface area (Å²) in [4.78, 5) is 23.5. The fourth-order valence-corrected chi connectivity index (χ4v) is 2.09. The summed E-state index contributed by atoms with van der Waals surface area (Å²) in [5.41, 5.74) is 0.293. The molecule has 0 unspecified atom stereocenters. The molecule has 0 heterocycles. The molecule has 0 bridgehead atoms. The largest absolute Gasteiger partial charge is 0.311 e. The summed E-state index contributed by atoms with van der Waals surface area (Å²) in [6.07, 6.45) is 0. The third-order valence-electron chi connectivity index (χ3n) is 2.91. The Balaban J connectivity index is 2.28. The van der Waals surface area contributed by atoms with Gasteiger partial charge in [0.1, 0.15) is 5.82 Å². The molecule has 0 saturated carbocycles. The lowest BCUT2D eigenvalue weighted by Gasteiger charge is -2.17. The van der Waals surface area contributed by atoms with Crippen LogP contribution in [0.3, 0.4) is 0 Å². The summed E-state index contributed by atoms with van der Waals surface area (Å²) in [7, 11) is 1.48. The summed E-state index contributed by atoms with van der Waals surface area (Å²) in [5, 5.41) is 10.6. The van der Waals surface area contributed by atoms with Crippen molar-refractivity contribution < 1.29 is 14.1 Å². The van der Waals surface area contributed by atoms with Crippen LogP contribution in [0.1, 0.15) is 10.4 Å². The Kier molecular flexibility index (Phi) is 4.32. The van der Waals surface area contributed by atoms with Gasteiger partial charge in [-0.1, -0.05) is 15.9 Å². The highest BCUT2D eigenvalue weighted by atomic mass is 79.9. The quantitative estimate of drug-likeness (QED) is 0.623. The number of halogens is 2. The van der Waals surface area contributed by atoms with E-state index in [0.717, 1.165) is 0 Å². The van der Waals surface area contributed by atoms with Gasteiger partial charge in [-0.15, -0.1) is 0 Å². The molecule has 0 aliphatic carbocycles. The zero-order valence-electron chi connectivity index (χ0n) is 10.9. The number of hydrogen-bond acceptors (Lipinski definition) is 3. The van der Waals surface area contributed by atoms with Crippen LogP contribution in [0, 0.1) is 15.9 Å². The highest BCUT2D eigenvalue weighted by molar-refractivity contribution is 9.10. The molecule has 0 aliphatic heterocycles. The Hall–Kier alpha value is -2.28. The highest BCUT2D eigenvalue weighted by Crippen LogP contribution is 2.22. The smallest absolute Gasteiger partial charge is 0.269 e. The monoisotopic (exact) mass is 352 g/mol. The number of hydrogen-bond donors (Lipinski definition) is 0. The van der Waals surface area contributed by atoms with Gasteiger partial charge in [0.2, 0.25) is 0 Å². The molecule has 2 aromatic rings. The van der Waals surface area contributed by atoms with Gasteiger partial charge < -0.3 is 4.90 Å². The van der Waals surface area contributed by atoms with Crippen LogP contribution in [-0.4, -0.2) is 17.9 Å². The second kappa shape index (κ2) is 6.01. The van der Waals surface area contributed by atoms with E-state index in [1.807, 2.05) is 0 Å². The number of non-ortho nitro benzene ring substituents is 1. The number of amides is 1. The minimum absolute atomic E-state index is 0.0703. The van der Waals surface area contributed by atoms with Crippen LogP contribution in [0.25, 0.3) is 0 Å². The Morgan fingerprint density at radius 3 is 2.38 bits per heavy atom. The van der Waals surface area contributed by atoms with E-state index in [9.17, 15) is 19.3 Å². The van der Waals surface area contributed by atoms with Crippen molar-refractivity contribution >= 4 is 33.2 Å². The van der Waals surface area contributed by atoms with E-state index in [1.165, 1.54) is 48.3 Å². The second-order valence-corrected chi connectivity index (χ2v) is 5.18. The maximum atomic E-state index is 13.8. The van der Waals surface area contributed by atoms with Gasteiger partial charge in [0.25, 0.3) is 11.6 Å². The van der Waals surface area contributed by atoms with E-state index in [0.29, 0.717) is 10.2 Å². The number of rotatable bonds is 3. The van der Waals surface area contributed by atoms with Crippen molar-refractivity contribution in [3.63, 3.8) is 0 Å². The first-order valence-electron chi connectivity index (χ1n) is 5.87. The Morgan fingerprint density at radius 1 is 1.24 bits per heavy atom. The number of anilines is 1. The van der Waals surface area contributed by atoms with Crippen molar-refractivity contribution in [1.82, 2.24) is 0 Å². The minimum Gasteiger partial charge on any atom is -0.311 e. The van der Waals surface area contributed by atoms with Gasteiger partial charge in [0.15, 0.2) is 0 Å². The van der Waals surface area contributed by atoms with Gasteiger partial charge in [-0.2, -0.15) is 0 Å². The molecule has 0 saturated heterocycles. The molecule has 1 amide bonds. The van der Waals surface area contributed by atoms with Crippen molar-refractivity contribution in [2.45, 2.75) is 0 Å². The Labute approximate surface area is 128 Å². The molecule has 0 radical (unpaired) electrons. The first kappa shape index (κ1) is 15.1. The summed E-state index contributed by atoms with van der Waals surface area (Å²) < 4.78 is 14.3. The third-order valence-corrected chi connectivity index (χ3v) is 3.41. The average molecular weight is 353 g/mol. The van der Waals surface area contributed by atoms with Crippen LogP contribution in [0.5, 0.6) is 0 Å². The predicted molar refractivity (Wildman–Crippen MR) is 79.9 cm³/mol. The first-order chi connectivity index (χ1) is 9.90. The number of benzene rings is 2. The maximum Gasteiger partial charge on any atom is 0.269 e. The summed E-state index contributed by atoms with van der Waals surface area (Å²) in [5.74, 6) is -1.17. The van der Waals surface area contributed by atoms with Crippen LogP contribution in [0.2, 0.25) is 0 Å². The van der Waals surface area contributed by atoms with Crippen molar-refractivity contribution in [2.24, 2.45) is 0 Å². The topological polar surface area (TPSA) is 63.5 Å². The van der Waals surface area contributed by atoms with E-state index >= 15 is 0 Å². The molecule has 0 N–H and O–H groups in total. The maximum absolute atomic E-state index is 13.8. The van der Waals surface area contributed by atoms with E-state index in [1.54, 1.807) is 6.07 Å². The van der Waals surface area contributed by atoms with Gasteiger partial charge in [0.05, 0.1) is 10.5 Å². The third kappa shape index (κ3) is 3.25. The number of carbonyl (C=O) groups is 1. The van der Waals surface area contributed by atoms with Gasteiger partial charge in [-0.25, -0.2) is 4.39 Å².